The number of amidine groups is 1. The molecule has 1 rings (SSSR count). The monoisotopic (exact) mass is 176 g/mol. The van der Waals surface area contributed by atoms with Gasteiger partial charge in [0.2, 0.25) is 12.1 Å². The number of piperidine rings is 1. The van der Waals surface area contributed by atoms with Crippen molar-refractivity contribution < 1.29 is 4.79 Å². The van der Waals surface area contributed by atoms with Crippen molar-refractivity contribution in [1.29, 1.82) is 10.5 Å². The second-order valence-corrected chi connectivity index (χ2v) is 2.93. The van der Waals surface area contributed by atoms with Crippen molar-refractivity contribution in [3.63, 3.8) is 0 Å². The van der Waals surface area contributed by atoms with Crippen LogP contribution in [0.5, 0.6) is 0 Å². The quantitative estimate of drug-likeness (QED) is 0.533. The first-order chi connectivity index (χ1) is 6.19. The van der Waals surface area contributed by atoms with Gasteiger partial charge in [-0.2, -0.15) is 15.5 Å². The molecule has 1 amide bonds. The predicted molar refractivity (Wildman–Crippen MR) is 44.1 cm³/mol. The van der Waals surface area contributed by atoms with E-state index in [1.807, 2.05) is 6.07 Å². The van der Waals surface area contributed by atoms with E-state index in [0.717, 1.165) is 0 Å². The molecule has 1 N–H and O–H groups in total. The number of nitriles is 2. The van der Waals surface area contributed by atoms with Crippen LogP contribution in [0.4, 0.5) is 0 Å². The Labute approximate surface area is 75.7 Å². The van der Waals surface area contributed by atoms with Crippen LogP contribution in [0, 0.1) is 34.6 Å². The third-order valence-corrected chi connectivity index (χ3v) is 1.95. The predicted octanol–water partition coefficient (Wildman–Crippen LogP) is 0.162. The number of aliphatic imine (C=N–C) groups is 1. The zero-order valence-electron chi connectivity index (χ0n) is 7.11. The highest BCUT2D eigenvalue weighted by Crippen LogP contribution is 2.19. The largest absolute Gasteiger partial charge is 0.312 e. The third kappa shape index (κ3) is 1.83. The summed E-state index contributed by atoms with van der Waals surface area (Å²) < 4.78 is 0. The lowest BCUT2D eigenvalue weighted by Gasteiger charge is -2.24. The molecule has 1 fully saturated rings. The number of hydrogen-bond donors (Lipinski definition) is 1. The van der Waals surface area contributed by atoms with Crippen molar-refractivity contribution in [2.75, 3.05) is 0 Å². The van der Waals surface area contributed by atoms with Gasteiger partial charge in [0.1, 0.15) is 11.8 Å². The molecule has 1 saturated heterocycles. The maximum absolute atomic E-state index is 11.0. The Morgan fingerprint density at radius 1 is 1.62 bits per heavy atom. The lowest BCUT2D eigenvalue weighted by Crippen LogP contribution is -2.44. The Balaban J connectivity index is 2.93. The molecule has 1 aliphatic heterocycles. The van der Waals surface area contributed by atoms with E-state index in [1.165, 1.54) is 0 Å². The molecule has 66 valence electrons. The van der Waals surface area contributed by atoms with Gasteiger partial charge in [-0.25, -0.2) is 0 Å². The standard InChI is InChI=1S/C8H8N4O/c1-5-2-7(13)12-8(11-4-10)6(5)3-9/h5-6H,2H2,1H3,(H,11,12,13). The van der Waals surface area contributed by atoms with Crippen molar-refractivity contribution in [2.45, 2.75) is 13.3 Å². The molecule has 0 radical (unpaired) electrons. The van der Waals surface area contributed by atoms with Crippen LogP contribution < -0.4 is 5.32 Å². The van der Waals surface area contributed by atoms with Crippen LogP contribution in [0.25, 0.3) is 0 Å². The molecule has 5 nitrogen and oxygen atoms in total. The SMILES string of the molecule is CC1CC(=O)NC(=NC#N)C1C#N. The smallest absolute Gasteiger partial charge is 0.225 e. The molecule has 2 unspecified atom stereocenters. The van der Waals surface area contributed by atoms with E-state index >= 15 is 0 Å². The van der Waals surface area contributed by atoms with E-state index in [9.17, 15) is 4.79 Å². The molecule has 0 spiro atoms. The lowest BCUT2D eigenvalue weighted by molar-refractivity contribution is -0.121. The normalized spacial score (nSPS) is 30.4. The molecule has 1 aliphatic rings. The Kier molecular flexibility index (Phi) is 2.61. The first-order valence-corrected chi connectivity index (χ1v) is 3.85. The molecule has 13 heavy (non-hydrogen) atoms. The van der Waals surface area contributed by atoms with Crippen molar-refractivity contribution in [1.82, 2.24) is 5.32 Å². The van der Waals surface area contributed by atoms with Crippen molar-refractivity contribution in [3.8, 4) is 12.3 Å². The number of nitrogens with zero attached hydrogens (tertiary/aromatic N) is 3. The molecule has 1 heterocycles. The highest BCUT2D eigenvalue weighted by Gasteiger charge is 2.31. The fraction of sp³-hybridized carbons (Fsp3) is 0.500. The number of hydrogen-bond acceptors (Lipinski definition) is 4. The van der Waals surface area contributed by atoms with Crippen LogP contribution in [-0.4, -0.2) is 11.7 Å². The summed E-state index contributed by atoms with van der Waals surface area (Å²) >= 11 is 0. The molecule has 5 heteroatoms. The van der Waals surface area contributed by atoms with Crippen LogP contribution in [0.3, 0.4) is 0 Å². The van der Waals surface area contributed by atoms with Gasteiger partial charge in [-0.3, -0.25) is 4.79 Å². The van der Waals surface area contributed by atoms with Gasteiger partial charge in [-0.05, 0) is 5.92 Å². The minimum Gasteiger partial charge on any atom is -0.312 e. The summed E-state index contributed by atoms with van der Waals surface area (Å²) in [4.78, 5) is 14.4. The van der Waals surface area contributed by atoms with Crippen LogP contribution in [0.1, 0.15) is 13.3 Å². The summed E-state index contributed by atoms with van der Waals surface area (Å²) in [5, 5.41) is 19.5. The fourth-order valence-electron chi connectivity index (χ4n) is 1.29. The summed E-state index contributed by atoms with van der Waals surface area (Å²) in [7, 11) is 0. The Morgan fingerprint density at radius 2 is 2.31 bits per heavy atom. The van der Waals surface area contributed by atoms with Gasteiger partial charge in [0.25, 0.3) is 0 Å². The molecule has 0 aromatic rings. The number of rotatable bonds is 0. The average molecular weight is 176 g/mol. The number of carbonyl (C=O) groups is 1. The van der Waals surface area contributed by atoms with E-state index in [-0.39, 0.29) is 17.7 Å². The molecule has 0 bridgehead atoms. The number of nitrogens with one attached hydrogen (secondary N) is 1. The fourth-order valence-corrected chi connectivity index (χ4v) is 1.29. The molecule has 0 saturated carbocycles. The zero-order chi connectivity index (χ0) is 9.84. The highest BCUT2D eigenvalue weighted by atomic mass is 16.1. The van der Waals surface area contributed by atoms with E-state index < -0.39 is 5.92 Å². The van der Waals surface area contributed by atoms with Crippen molar-refractivity contribution in [2.24, 2.45) is 16.8 Å². The maximum Gasteiger partial charge on any atom is 0.225 e. The van der Waals surface area contributed by atoms with Gasteiger partial charge in [0.15, 0.2) is 0 Å². The van der Waals surface area contributed by atoms with Crippen molar-refractivity contribution >= 4 is 11.7 Å². The van der Waals surface area contributed by atoms with E-state index in [0.29, 0.717) is 6.42 Å². The Morgan fingerprint density at radius 3 is 2.85 bits per heavy atom. The zero-order valence-corrected chi connectivity index (χ0v) is 7.11. The summed E-state index contributed by atoms with van der Waals surface area (Å²) in [6, 6.07) is 2.01. The molecular formula is C8H8N4O. The van der Waals surface area contributed by atoms with Crippen LogP contribution in [-0.2, 0) is 4.79 Å². The first kappa shape index (κ1) is 9.21. The van der Waals surface area contributed by atoms with Crippen LogP contribution in [0.2, 0.25) is 0 Å². The maximum atomic E-state index is 11.0. The summed E-state index contributed by atoms with van der Waals surface area (Å²) in [5.41, 5.74) is 0. The third-order valence-electron chi connectivity index (χ3n) is 1.95. The Bertz CT molecular complexity index is 333. The highest BCUT2D eigenvalue weighted by molar-refractivity contribution is 6.03. The average Bonchev–Trinajstić information content (AvgIpc) is 2.04. The lowest BCUT2D eigenvalue weighted by atomic mass is 9.88. The summed E-state index contributed by atoms with van der Waals surface area (Å²) in [6.45, 7) is 1.79. The summed E-state index contributed by atoms with van der Waals surface area (Å²) in [5.74, 6) is -0.565. The van der Waals surface area contributed by atoms with Gasteiger partial charge >= 0.3 is 0 Å². The van der Waals surface area contributed by atoms with Gasteiger partial charge in [0, 0.05) is 6.42 Å². The molecule has 0 aliphatic carbocycles. The number of amides is 1. The van der Waals surface area contributed by atoms with Gasteiger partial charge < -0.3 is 5.32 Å². The summed E-state index contributed by atoms with van der Waals surface area (Å²) in [6.07, 6.45) is 1.87. The van der Waals surface area contributed by atoms with E-state index in [1.54, 1.807) is 13.1 Å². The molecule has 2 atom stereocenters. The van der Waals surface area contributed by atoms with Crippen LogP contribution >= 0.6 is 0 Å². The molecule has 0 aromatic heterocycles. The Hall–Kier alpha value is -1.88. The van der Waals surface area contributed by atoms with E-state index in [4.69, 9.17) is 10.5 Å². The van der Waals surface area contributed by atoms with E-state index in [2.05, 4.69) is 10.3 Å². The van der Waals surface area contributed by atoms with Crippen molar-refractivity contribution in [3.05, 3.63) is 0 Å². The second-order valence-electron chi connectivity index (χ2n) is 2.93. The molecule has 0 aromatic carbocycles. The second kappa shape index (κ2) is 3.68. The van der Waals surface area contributed by atoms with Gasteiger partial charge in [-0.15, -0.1) is 0 Å². The minimum absolute atomic E-state index is 0.0779. The van der Waals surface area contributed by atoms with Gasteiger partial charge in [0.05, 0.1) is 6.07 Å². The van der Waals surface area contributed by atoms with Crippen LogP contribution in [0.15, 0.2) is 4.99 Å². The first-order valence-electron chi connectivity index (χ1n) is 3.85. The van der Waals surface area contributed by atoms with Gasteiger partial charge in [-0.1, -0.05) is 6.92 Å². The molecular weight excluding hydrogens is 168 g/mol. The number of carbonyl (C=O) groups excluding carboxylic acids is 1. The minimum atomic E-state index is -0.475. The topological polar surface area (TPSA) is 89.0 Å².